The van der Waals surface area contributed by atoms with Gasteiger partial charge in [-0.1, -0.05) is 46.9 Å². The first-order valence-corrected chi connectivity index (χ1v) is 4.95. The second-order valence-corrected chi connectivity index (χ2v) is 5.01. The maximum absolute atomic E-state index is 10.7. The number of halogens is 3. The molecule has 0 aromatic heterocycles. The summed E-state index contributed by atoms with van der Waals surface area (Å²) in [4.78, 5) is 10.0. The molecule has 4 nitrogen and oxygen atoms in total. The van der Waals surface area contributed by atoms with Crippen molar-refractivity contribution in [3.63, 3.8) is 0 Å². The fourth-order valence-electron chi connectivity index (χ4n) is 1.20. The Kier molecular flexibility index (Phi) is 3.78. The molecule has 0 saturated carbocycles. The van der Waals surface area contributed by atoms with Gasteiger partial charge in [0.25, 0.3) is 5.69 Å². The van der Waals surface area contributed by atoms with Gasteiger partial charge in [-0.25, -0.2) is 0 Å². The number of nitro groups is 1. The molecule has 0 heterocycles. The summed E-state index contributed by atoms with van der Waals surface area (Å²) >= 11 is 16.8. The van der Waals surface area contributed by atoms with Crippen LogP contribution in [-0.2, 0) is 10.4 Å². The lowest BCUT2D eigenvalue weighted by atomic mass is 10.1. The number of benzene rings is 1. The number of nitro benzene ring substituents is 1. The maximum atomic E-state index is 10.7. The molecule has 1 aromatic carbocycles. The zero-order chi connectivity index (χ0) is 11.6. The highest BCUT2D eigenvalue weighted by molar-refractivity contribution is 6.67. The number of aliphatic hydroxyl groups excluding tert-OH is 1. The first-order chi connectivity index (χ1) is 6.88. The molecule has 0 bridgehead atoms. The van der Waals surface area contributed by atoms with E-state index in [2.05, 4.69) is 0 Å². The molecule has 0 aliphatic heterocycles. The van der Waals surface area contributed by atoms with Crippen molar-refractivity contribution in [2.75, 3.05) is 0 Å². The first-order valence-electron chi connectivity index (χ1n) is 3.82. The van der Waals surface area contributed by atoms with Gasteiger partial charge in [0.15, 0.2) is 0 Å². The predicted octanol–water partition coefficient (Wildman–Crippen LogP) is 2.91. The minimum atomic E-state index is -1.93. The van der Waals surface area contributed by atoms with Crippen LogP contribution in [-0.4, -0.2) is 10.0 Å². The standard InChI is InChI=1S/C8H6Cl3NO3/c9-8(10,11)7-5(4-13)2-1-3-6(7)12(14)15/h1-3,13H,4H2. The lowest BCUT2D eigenvalue weighted by molar-refractivity contribution is -0.385. The van der Waals surface area contributed by atoms with E-state index < -0.39 is 15.3 Å². The number of rotatable bonds is 2. The maximum Gasteiger partial charge on any atom is 0.277 e. The molecule has 0 fully saturated rings. The van der Waals surface area contributed by atoms with Gasteiger partial charge in [0.2, 0.25) is 3.79 Å². The molecule has 15 heavy (non-hydrogen) atoms. The molecule has 1 N–H and O–H groups in total. The van der Waals surface area contributed by atoms with E-state index in [4.69, 9.17) is 39.9 Å². The van der Waals surface area contributed by atoms with Gasteiger partial charge in [0, 0.05) is 6.07 Å². The molecule has 0 spiro atoms. The zero-order valence-electron chi connectivity index (χ0n) is 7.28. The molecule has 0 aliphatic rings. The molecule has 0 radical (unpaired) electrons. The fraction of sp³-hybridized carbons (Fsp3) is 0.250. The van der Waals surface area contributed by atoms with Crippen LogP contribution in [0.25, 0.3) is 0 Å². The highest BCUT2D eigenvalue weighted by atomic mass is 35.6. The summed E-state index contributed by atoms with van der Waals surface area (Å²) in [6, 6.07) is 4.10. The fourth-order valence-corrected chi connectivity index (χ4v) is 1.85. The first kappa shape index (κ1) is 12.5. The minimum Gasteiger partial charge on any atom is -0.392 e. The van der Waals surface area contributed by atoms with Crippen molar-refractivity contribution in [1.82, 2.24) is 0 Å². The zero-order valence-corrected chi connectivity index (χ0v) is 9.55. The van der Waals surface area contributed by atoms with Gasteiger partial charge in [-0.3, -0.25) is 10.1 Å². The number of alkyl halides is 3. The average molecular weight is 270 g/mol. The van der Waals surface area contributed by atoms with Gasteiger partial charge < -0.3 is 5.11 Å². The number of hydrogen-bond donors (Lipinski definition) is 1. The van der Waals surface area contributed by atoms with E-state index in [0.29, 0.717) is 0 Å². The lowest BCUT2D eigenvalue weighted by Crippen LogP contribution is -2.09. The van der Waals surface area contributed by atoms with Crippen molar-refractivity contribution in [3.05, 3.63) is 39.4 Å². The van der Waals surface area contributed by atoms with E-state index in [-0.39, 0.29) is 16.8 Å². The summed E-state index contributed by atoms with van der Waals surface area (Å²) in [7, 11) is 0. The number of nitrogens with zero attached hydrogens (tertiary/aromatic N) is 1. The Labute approximate surface area is 101 Å². The molecule has 0 aliphatic carbocycles. The molecule has 82 valence electrons. The summed E-state index contributed by atoms with van der Waals surface area (Å²) in [5.41, 5.74) is -0.187. The summed E-state index contributed by atoms with van der Waals surface area (Å²) in [6.07, 6.45) is 0. The molecule has 0 amide bonds. The molecule has 0 saturated heterocycles. The van der Waals surface area contributed by atoms with Crippen LogP contribution < -0.4 is 0 Å². The minimum absolute atomic E-state index is 0.0949. The Balaban J connectivity index is 3.47. The van der Waals surface area contributed by atoms with Crippen molar-refractivity contribution >= 4 is 40.5 Å². The Bertz CT molecular complexity index is 389. The summed E-state index contributed by atoms with van der Waals surface area (Å²) in [5.74, 6) is 0. The molecular weight excluding hydrogens is 264 g/mol. The third kappa shape index (κ3) is 2.72. The van der Waals surface area contributed by atoms with Crippen molar-refractivity contribution in [3.8, 4) is 0 Å². The lowest BCUT2D eigenvalue weighted by Gasteiger charge is -2.14. The Morgan fingerprint density at radius 3 is 2.40 bits per heavy atom. The topological polar surface area (TPSA) is 63.4 Å². The van der Waals surface area contributed by atoms with E-state index in [1.165, 1.54) is 18.2 Å². The van der Waals surface area contributed by atoms with Gasteiger partial charge in [0.05, 0.1) is 17.1 Å². The van der Waals surface area contributed by atoms with Gasteiger partial charge in [-0.15, -0.1) is 0 Å². The van der Waals surface area contributed by atoms with Crippen LogP contribution in [0.15, 0.2) is 18.2 Å². The van der Waals surface area contributed by atoms with Gasteiger partial charge >= 0.3 is 0 Å². The normalized spacial score (nSPS) is 11.5. The number of aliphatic hydroxyl groups is 1. The van der Waals surface area contributed by atoms with Gasteiger partial charge in [0.1, 0.15) is 0 Å². The highest BCUT2D eigenvalue weighted by Crippen LogP contribution is 2.44. The summed E-state index contributed by atoms with van der Waals surface area (Å²) < 4.78 is -1.93. The van der Waals surface area contributed by atoms with Gasteiger partial charge in [-0.05, 0) is 5.56 Å². The van der Waals surface area contributed by atoms with Crippen LogP contribution in [0.1, 0.15) is 11.1 Å². The van der Waals surface area contributed by atoms with Crippen LogP contribution in [0, 0.1) is 10.1 Å². The largest absolute Gasteiger partial charge is 0.392 e. The third-order valence-corrected chi connectivity index (χ3v) is 2.35. The van der Waals surface area contributed by atoms with Crippen LogP contribution >= 0.6 is 34.8 Å². The molecule has 7 heteroatoms. The molecular formula is C8H6Cl3NO3. The van der Waals surface area contributed by atoms with Crippen molar-refractivity contribution in [2.24, 2.45) is 0 Å². The van der Waals surface area contributed by atoms with E-state index in [1.54, 1.807) is 0 Å². The Morgan fingerprint density at radius 2 is 2.00 bits per heavy atom. The van der Waals surface area contributed by atoms with E-state index >= 15 is 0 Å². The summed E-state index contributed by atoms with van der Waals surface area (Å²) in [5, 5.41) is 19.7. The predicted molar refractivity (Wildman–Crippen MR) is 58.3 cm³/mol. The monoisotopic (exact) mass is 269 g/mol. The second-order valence-electron chi connectivity index (χ2n) is 2.72. The Hall–Kier alpha value is -0.550. The van der Waals surface area contributed by atoms with E-state index in [0.717, 1.165) is 0 Å². The second kappa shape index (κ2) is 4.53. The van der Waals surface area contributed by atoms with Crippen molar-refractivity contribution in [1.29, 1.82) is 0 Å². The third-order valence-electron chi connectivity index (χ3n) is 1.78. The Morgan fingerprint density at radius 1 is 1.40 bits per heavy atom. The van der Waals surface area contributed by atoms with Crippen molar-refractivity contribution < 1.29 is 10.0 Å². The van der Waals surface area contributed by atoms with Crippen molar-refractivity contribution in [2.45, 2.75) is 10.4 Å². The van der Waals surface area contributed by atoms with Gasteiger partial charge in [-0.2, -0.15) is 0 Å². The number of hydrogen-bond acceptors (Lipinski definition) is 3. The van der Waals surface area contributed by atoms with E-state index in [9.17, 15) is 10.1 Å². The van der Waals surface area contributed by atoms with Crippen LogP contribution in [0.2, 0.25) is 0 Å². The molecule has 1 rings (SSSR count). The van der Waals surface area contributed by atoms with Crippen LogP contribution in [0.5, 0.6) is 0 Å². The summed E-state index contributed by atoms with van der Waals surface area (Å²) in [6.45, 7) is -0.426. The molecule has 0 atom stereocenters. The van der Waals surface area contributed by atoms with Crippen LogP contribution in [0.4, 0.5) is 5.69 Å². The van der Waals surface area contributed by atoms with E-state index in [1.807, 2.05) is 0 Å². The quantitative estimate of drug-likeness (QED) is 0.510. The molecule has 1 aromatic rings. The SMILES string of the molecule is O=[N+]([O-])c1cccc(CO)c1C(Cl)(Cl)Cl. The smallest absolute Gasteiger partial charge is 0.277 e. The molecule has 0 unspecified atom stereocenters. The average Bonchev–Trinajstić information content (AvgIpc) is 2.15. The van der Waals surface area contributed by atoms with Crippen LogP contribution in [0.3, 0.4) is 0 Å². The highest BCUT2D eigenvalue weighted by Gasteiger charge is 2.34.